The fraction of sp³-hybridized carbons (Fsp3) is 0.714. The van der Waals surface area contributed by atoms with E-state index in [0.29, 0.717) is 0 Å². The van der Waals surface area contributed by atoms with E-state index in [0.717, 1.165) is 5.92 Å². The summed E-state index contributed by atoms with van der Waals surface area (Å²) in [4.78, 5) is 0. The summed E-state index contributed by atoms with van der Waals surface area (Å²) in [5.41, 5.74) is 1.37. The molecule has 0 rings (SSSR count). The molecular weight excluding hydrogens is 168 g/mol. The van der Waals surface area contributed by atoms with Crippen LogP contribution in [0, 0.1) is 5.92 Å². The first-order chi connectivity index (χ1) is 6.74. The van der Waals surface area contributed by atoms with Crippen LogP contribution in [0.4, 0.5) is 0 Å². The molecule has 1 unspecified atom stereocenters. The molecule has 0 nitrogen and oxygen atoms in total. The number of hydrogen-bond donors (Lipinski definition) is 0. The molecule has 0 spiro atoms. The van der Waals surface area contributed by atoms with Gasteiger partial charge in [0.05, 0.1) is 0 Å². The molecule has 0 heterocycles. The van der Waals surface area contributed by atoms with Crippen molar-refractivity contribution >= 4 is 0 Å². The fourth-order valence-corrected chi connectivity index (χ4v) is 1.66. The van der Waals surface area contributed by atoms with Gasteiger partial charge < -0.3 is 0 Å². The van der Waals surface area contributed by atoms with Crippen molar-refractivity contribution in [2.45, 2.75) is 59.8 Å². The minimum atomic E-state index is 0.940. The predicted octanol–water partition coefficient (Wildman–Crippen LogP) is 5.12. The van der Waals surface area contributed by atoms with Gasteiger partial charge in [-0.2, -0.15) is 0 Å². The van der Waals surface area contributed by atoms with Crippen LogP contribution in [-0.2, 0) is 0 Å². The third-order valence-corrected chi connectivity index (χ3v) is 2.85. The van der Waals surface area contributed by atoms with Crippen LogP contribution in [0.2, 0.25) is 0 Å². The Kier molecular flexibility index (Phi) is 8.72. The lowest BCUT2D eigenvalue weighted by atomic mass is 9.95. The van der Waals surface area contributed by atoms with E-state index in [1.54, 1.807) is 0 Å². The zero-order valence-electron chi connectivity index (χ0n) is 10.3. The standard InChI is InChI=1S/C14H26/c1-5-10-14(7-3)12-9-8-11-13(4)6-2/h6,8,11,14H,5,7,9-10,12H2,1-4H3/b11-8-,13-6-. The number of allylic oxidation sites excluding steroid dienone is 4. The van der Waals surface area contributed by atoms with Gasteiger partial charge in [0, 0.05) is 0 Å². The summed E-state index contributed by atoms with van der Waals surface area (Å²) in [6, 6.07) is 0. The number of hydrogen-bond acceptors (Lipinski definition) is 0. The van der Waals surface area contributed by atoms with Crippen LogP contribution in [0.3, 0.4) is 0 Å². The molecule has 0 N–H and O–H groups in total. The van der Waals surface area contributed by atoms with E-state index in [1.807, 2.05) is 0 Å². The van der Waals surface area contributed by atoms with Crippen LogP contribution in [0.25, 0.3) is 0 Å². The van der Waals surface area contributed by atoms with Gasteiger partial charge in [0.25, 0.3) is 0 Å². The quantitative estimate of drug-likeness (QED) is 0.494. The molecule has 0 bridgehead atoms. The maximum atomic E-state index is 2.31. The van der Waals surface area contributed by atoms with Crippen molar-refractivity contribution in [2.75, 3.05) is 0 Å². The molecule has 0 fully saturated rings. The molecule has 0 radical (unpaired) electrons. The minimum absolute atomic E-state index is 0.940. The maximum absolute atomic E-state index is 2.31. The Morgan fingerprint density at radius 2 is 1.93 bits per heavy atom. The maximum Gasteiger partial charge on any atom is -0.0345 e. The highest BCUT2D eigenvalue weighted by Gasteiger charge is 2.02. The highest BCUT2D eigenvalue weighted by molar-refractivity contribution is 5.14. The summed E-state index contributed by atoms with van der Waals surface area (Å²) in [6.07, 6.45) is 13.4. The van der Waals surface area contributed by atoms with Crippen molar-refractivity contribution in [3.63, 3.8) is 0 Å². The lowest BCUT2D eigenvalue weighted by molar-refractivity contribution is 0.436. The zero-order valence-corrected chi connectivity index (χ0v) is 10.3. The molecule has 0 aliphatic rings. The summed E-state index contributed by atoms with van der Waals surface area (Å²) in [5, 5.41) is 0. The van der Waals surface area contributed by atoms with Crippen LogP contribution in [-0.4, -0.2) is 0 Å². The van der Waals surface area contributed by atoms with E-state index < -0.39 is 0 Å². The lowest BCUT2D eigenvalue weighted by Crippen LogP contribution is -1.96. The Morgan fingerprint density at radius 3 is 2.43 bits per heavy atom. The van der Waals surface area contributed by atoms with Crippen LogP contribution in [0.15, 0.2) is 23.8 Å². The SMILES string of the molecule is C/C=C(C)\C=C/CCC(CC)CCC. The van der Waals surface area contributed by atoms with E-state index in [1.165, 1.54) is 37.7 Å². The van der Waals surface area contributed by atoms with Gasteiger partial charge in [-0.25, -0.2) is 0 Å². The molecule has 82 valence electrons. The molecule has 0 saturated heterocycles. The largest absolute Gasteiger partial charge is 0.0847 e. The summed E-state index contributed by atoms with van der Waals surface area (Å²) in [5.74, 6) is 0.940. The Labute approximate surface area is 90.1 Å². The molecular formula is C14H26. The van der Waals surface area contributed by atoms with Crippen molar-refractivity contribution in [2.24, 2.45) is 5.92 Å². The summed E-state index contributed by atoms with van der Waals surface area (Å²) < 4.78 is 0. The molecule has 0 aliphatic carbocycles. The van der Waals surface area contributed by atoms with E-state index in [9.17, 15) is 0 Å². The first kappa shape index (κ1) is 13.5. The smallest absolute Gasteiger partial charge is 0.0345 e. The highest BCUT2D eigenvalue weighted by Crippen LogP contribution is 2.17. The van der Waals surface area contributed by atoms with E-state index in [-0.39, 0.29) is 0 Å². The third kappa shape index (κ3) is 6.94. The topological polar surface area (TPSA) is 0 Å². The van der Waals surface area contributed by atoms with Gasteiger partial charge in [0.2, 0.25) is 0 Å². The predicted molar refractivity (Wildman–Crippen MR) is 66.5 cm³/mol. The average Bonchev–Trinajstić information content (AvgIpc) is 2.22. The van der Waals surface area contributed by atoms with E-state index in [4.69, 9.17) is 0 Å². The minimum Gasteiger partial charge on any atom is -0.0847 e. The Bertz CT molecular complexity index is 174. The first-order valence-electron chi connectivity index (χ1n) is 6.04. The molecule has 0 aliphatic heterocycles. The van der Waals surface area contributed by atoms with Crippen molar-refractivity contribution < 1.29 is 0 Å². The van der Waals surface area contributed by atoms with Crippen molar-refractivity contribution in [1.29, 1.82) is 0 Å². The van der Waals surface area contributed by atoms with E-state index in [2.05, 4.69) is 45.9 Å². The number of rotatable bonds is 7. The second-order valence-corrected chi connectivity index (χ2v) is 4.08. The van der Waals surface area contributed by atoms with Crippen molar-refractivity contribution in [3.05, 3.63) is 23.8 Å². The second kappa shape index (κ2) is 9.05. The summed E-state index contributed by atoms with van der Waals surface area (Å²) >= 11 is 0. The first-order valence-corrected chi connectivity index (χ1v) is 6.04. The van der Waals surface area contributed by atoms with Gasteiger partial charge in [-0.3, -0.25) is 0 Å². The molecule has 14 heavy (non-hydrogen) atoms. The monoisotopic (exact) mass is 194 g/mol. The second-order valence-electron chi connectivity index (χ2n) is 4.08. The third-order valence-electron chi connectivity index (χ3n) is 2.85. The van der Waals surface area contributed by atoms with Crippen LogP contribution < -0.4 is 0 Å². The lowest BCUT2D eigenvalue weighted by Gasteiger charge is -2.11. The Morgan fingerprint density at radius 1 is 1.21 bits per heavy atom. The van der Waals surface area contributed by atoms with Crippen molar-refractivity contribution in [3.8, 4) is 0 Å². The fourth-order valence-electron chi connectivity index (χ4n) is 1.66. The Hall–Kier alpha value is -0.520. The highest BCUT2D eigenvalue weighted by atomic mass is 14.1. The average molecular weight is 194 g/mol. The van der Waals surface area contributed by atoms with Gasteiger partial charge in [0.15, 0.2) is 0 Å². The summed E-state index contributed by atoms with van der Waals surface area (Å²) in [6.45, 7) is 8.83. The molecule has 1 atom stereocenters. The van der Waals surface area contributed by atoms with Gasteiger partial charge in [-0.1, -0.05) is 56.9 Å². The van der Waals surface area contributed by atoms with Gasteiger partial charge in [0.1, 0.15) is 0 Å². The molecule has 0 aromatic carbocycles. The van der Waals surface area contributed by atoms with E-state index >= 15 is 0 Å². The molecule has 0 heteroatoms. The van der Waals surface area contributed by atoms with Gasteiger partial charge >= 0.3 is 0 Å². The molecule has 0 aromatic rings. The van der Waals surface area contributed by atoms with Gasteiger partial charge in [-0.05, 0) is 32.6 Å². The molecule has 0 amide bonds. The Balaban J connectivity index is 3.65. The van der Waals surface area contributed by atoms with Crippen LogP contribution in [0.5, 0.6) is 0 Å². The van der Waals surface area contributed by atoms with Crippen molar-refractivity contribution in [1.82, 2.24) is 0 Å². The summed E-state index contributed by atoms with van der Waals surface area (Å²) in [7, 11) is 0. The molecule has 0 saturated carbocycles. The zero-order chi connectivity index (χ0) is 10.8. The molecule has 0 aromatic heterocycles. The van der Waals surface area contributed by atoms with Crippen LogP contribution in [0.1, 0.15) is 59.8 Å². The van der Waals surface area contributed by atoms with Crippen LogP contribution >= 0.6 is 0 Å². The van der Waals surface area contributed by atoms with Gasteiger partial charge in [-0.15, -0.1) is 0 Å². The normalized spacial score (nSPS) is 15.0.